The Labute approximate surface area is 120 Å². The Morgan fingerprint density at radius 2 is 1.62 bits per heavy atom. The number of aromatic hydroxyl groups is 2. The summed E-state index contributed by atoms with van der Waals surface area (Å²) in [6.45, 7) is -0.821. The summed E-state index contributed by atoms with van der Waals surface area (Å²) >= 11 is 0. The Balaban J connectivity index is 0.00000220. The Kier molecular flexibility index (Phi) is 5.18. The van der Waals surface area contributed by atoms with Gasteiger partial charge in [-0.2, -0.15) is 0 Å². The quantitative estimate of drug-likeness (QED) is 0.714. The molecule has 0 amide bonds. The van der Waals surface area contributed by atoms with Gasteiger partial charge in [0.25, 0.3) is 0 Å². The van der Waals surface area contributed by atoms with Crippen molar-refractivity contribution >= 4 is 11.6 Å². The molecule has 2 aromatic carbocycles. The van der Waals surface area contributed by atoms with Crippen LogP contribution >= 0.6 is 0 Å². The molecule has 0 aliphatic carbocycles. The van der Waals surface area contributed by atoms with E-state index in [2.05, 4.69) is 0 Å². The molecule has 0 fully saturated rings. The first kappa shape index (κ1) is 16.4. The third kappa shape index (κ3) is 3.25. The fraction of sp³-hybridized carbons (Fsp3) is 0.0667. The zero-order chi connectivity index (χ0) is 14.7. The molecule has 0 saturated heterocycles. The van der Waals surface area contributed by atoms with Crippen LogP contribution in [-0.2, 0) is 0 Å². The number of aliphatic hydroxyl groups is 1. The molecular weight excluding hydrogens is 276 g/mol. The normalized spacial score (nSPS) is 9.76. The number of ketones is 2. The van der Waals surface area contributed by atoms with Gasteiger partial charge in [-0.05, 0) is 6.07 Å². The van der Waals surface area contributed by atoms with Gasteiger partial charge in [-0.15, -0.1) is 0 Å². The third-order valence-electron chi connectivity index (χ3n) is 2.81. The van der Waals surface area contributed by atoms with Gasteiger partial charge in [-0.3, -0.25) is 9.59 Å². The lowest BCUT2D eigenvalue weighted by Gasteiger charge is -2.10. The Bertz CT molecular complexity index is 663. The van der Waals surface area contributed by atoms with Gasteiger partial charge in [-0.1, -0.05) is 30.3 Å². The number of rotatable bonds is 4. The lowest BCUT2D eigenvalue weighted by atomic mass is 9.95. The van der Waals surface area contributed by atoms with E-state index in [1.165, 1.54) is 0 Å². The molecular formula is C15H14O6. The molecule has 6 heteroatoms. The van der Waals surface area contributed by atoms with E-state index in [0.717, 1.165) is 12.1 Å². The number of hydrogen-bond donors (Lipinski definition) is 3. The van der Waals surface area contributed by atoms with Crippen molar-refractivity contribution < 1.29 is 30.4 Å². The number of phenols is 2. The Morgan fingerprint density at radius 3 is 2.19 bits per heavy atom. The second kappa shape index (κ2) is 6.65. The molecule has 0 aliphatic heterocycles. The molecule has 0 bridgehead atoms. The van der Waals surface area contributed by atoms with E-state index in [1.54, 1.807) is 30.3 Å². The van der Waals surface area contributed by atoms with Gasteiger partial charge in [0.15, 0.2) is 11.6 Å². The lowest BCUT2D eigenvalue weighted by Crippen LogP contribution is -2.13. The van der Waals surface area contributed by atoms with Crippen LogP contribution in [0.5, 0.6) is 11.5 Å². The van der Waals surface area contributed by atoms with E-state index in [-0.39, 0.29) is 22.4 Å². The van der Waals surface area contributed by atoms with Crippen LogP contribution in [0.15, 0.2) is 42.5 Å². The van der Waals surface area contributed by atoms with Crippen molar-refractivity contribution in [1.29, 1.82) is 0 Å². The second-order valence-electron chi connectivity index (χ2n) is 4.16. The summed E-state index contributed by atoms with van der Waals surface area (Å²) < 4.78 is 0. The summed E-state index contributed by atoms with van der Waals surface area (Å²) in [6.07, 6.45) is 0. The number of carbonyl (C=O) groups excluding carboxylic acids is 2. The Morgan fingerprint density at radius 1 is 1.00 bits per heavy atom. The molecule has 21 heavy (non-hydrogen) atoms. The van der Waals surface area contributed by atoms with Gasteiger partial charge < -0.3 is 20.8 Å². The maximum atomic E-state index is 12.3. The van der Waals surface area contributed by atoms with E-state index in [9.17, 15) is 19.8 Å². The average Bonchev–Trinajstić information content (AvgIpc) is 2.46. The molecule has 0 spiro atoms. The molecule has 0 radical (unpaired) electrons. The van der Waals surface area contributed by atoms with Gasteiger partial charge in [0.2, 0.25) is 0 Å². The second-order valence-corrected chi connectivity index (χ2v) is 4.16. The van der Waals surface area contributed by atoms with Crippen molar-refractivity contribution in [2.75, 3.05) is 6.61 Å². The van der Waals surface area contributed by atoms with E-state index in [0.29, 0.717) is 5.56 Å². The zero-order valence-corrected chi connectivity index (χ0v) is 10.9. The van der Waals surface area contributed by atoms with Gasteiger partial charge in [0.05, 0.1) is 5.56 Å². The minimum absolute atomic E-state index is 0. The minimum atomic E-state index is -0.821. The standard InChI is InChI=1S/C15H12O5.H2O/c16-8-13(19)11-6-10(17)7-12(18)14(11)15(20)9-4-2-1-3-5-9;/h1-7,16-18H,8H2;1H2. The highest BCUT2D eigenvalue weighted by molar-refractivity contribution is 6.17. The first-order valence-corrected chi connectivity index (χ1v) is 5.84. The molecule has 0 heterocycles. The predicted octanol–water partition coefficient (Wildman–Crippen LogP) is 0.679. The highest BCUT2D eigenvalue weighted by Crippen LogP contribution is 2.29. The maximum absolute atomic E-state index is 12.3. The lowest BCUT2D eigenvalue weighted by molar-refractivity contribution is 0.0895. The minimum Gasteiger partial charge on any atom is -0.508 e. The van der Waals surface area contributed by atoms with E-state index in [1.807, 2.05) is 0 Å². The van der Waals surface area contributed by atoms with Crippen molar-refractivity contribution in [3.8, 4) is 11.5 Å². The number of Topliss-reactive ketones (excluding diaryl/α,β-unsaturated/α-hetero) is 1. The van der Waals surface area contributed by atoms with Crippen LogP contribution in [0.3, 0.4) is 0 Å². The molecule has 0 saturated carbocycles. The van der Waals surface area contributed by atoms with Crippen LogP contribution in [0.25, 0.3) is 0 Å². The maximum Gasteiger partial charge on any atom is 0.197 e. The Hall–Kier alpha value is -2.70. The molecule has 2 rings (SSSR count). The summed E-state index contributed by atoms with van der Waals surface area (Å²) in [5.41, 5.74) is -0.146. The van der Waals surface area contributed by atoms with E-state index < -0.39 is 23.9 Å². The fourth-order valence-electron chi connectivity index (χ4n) is 1.89. The molecule has 0 aliphatic rings. The monoisotopic (exact) mass is 290 g/mol. The molecule has 2 aromatic rings. The first-order chi connectivity index (χ1) is 9.54. The van der Waals surface area contributed by atoms with Crippen molar-refractivity contribution in [2.45, 2.75) is 0 Å². The average molecular weight is 290 g/mol. The molecule has 5 N–H and O–H groups in total. The summed E-state index contributed by atoms with van der Waals surface area (Å²) in [4.78, 5) is 24.0. The van der Waals surface area contributed by atoms with Gasteiger partial charge >= 0.3 is 0 Å². The molecule has 0 aromatic heterocycles. The SMILES string of the molecule is O.O=C(CO)c1cc(O)cc(O)c1C(=O)c1ccccc1. The van der Waals surface area contributed by atoms with E-state index >= 15 is 0 Å². The van der Waals surface area contributed by atoms with Crippen LogP contribution in [0.2, 0.25) is 0 Å². The summed E-state index contributed by atoms with van der Waals surface area (Å²) in [6, 6.07) is 10.1. The topological polar surface area (TPSA) is 126 Å². The highest BCUT2D eigenvalue weighted by Gasteiger charge is 2.22. The van der Waals surface area contributed by atoms with Crippen LogP contribution in [0.4, 0.5) is 0 Å². The van der Waals surface area contributed by atoms with Crippen molar-refractivity contribution in [1.82, 2.24) is 0 Å². The molecule has 110 valence electrons. The van der Waals surface area contributed by atoms with Crippen molar-refractivity contribution in [2.24, 2.45) is 0 Å². The van der Waals surface area contributed by atoms with Gasteiger partial charge in [-0.25, -0.2) is 0 Å². The number of phenolic OH excluding ortho intramolecular Hbond substituents is 2. The number of hydrogen-bond acceptors (Lipinski definition) is 5. The zero-order valence-electron chi connectivity index (χ0n) is 10.9. The molecule has 0 atom stereocenters. The number of carbonyl (C=O) groups is 2. The first-order valence-electron chi connectivity index (χ1n) is 5.84. The van der Waals surface area contributed by atoms with Crippen molar-refractivity contribution in [3.63, 3.8) is 0 Å². The predicted molar refractivity (Wildman–Crippen MR) is 74.7 cm³/mol. The number of aliphatic hydroxyl groups excluding tert-OH is 1. The molecule has 0 unspecified atom stereocenters. The van der Waals surface area contributed by atoms with Crippen LogP contribution in [-0.4, -0.2) is 39.0 Å². The largest absolute Gasteiger partial charge is 0.508 e. The van der Waals surface area contributed by atoms with Crippen LogP contribution < -0.4 is 0 Å². The summed E-state index contributed by atoms with van der Waals surface area (Å²) in [5.74, 6) is -2.17. The highest BCUT2D eigenvalue weighted by atomic mass is 16.3. The van der Waals surface area contributed by atoms with Crippen LogP contribution in [0.1, 0.15) is 26.3 Å². The molecule has 6 nitrogen and oxygen atoms in total. The third-order valence-corrected chi connectivity index (χ3v) is 2.81. The van der Waals surface area contributed by atoms with Gasteiger partial charge in [0, 0.05) is 17.2 Å². The number of benzene rings is 2. The summed E-state index contributed by atoms with van der Waals surface area (Å²) in [7, 11) is 0. The van der Waals surface area contributed by atoms with Crippen molar-refractivity contribution in [3.05, 3.63) is 59.2 Å². The summed E-state index contributed by atoms with van der Waals surface area (Å²) in [5, 5.41) is 28.2. The smallest absolute Gasteiger partial charge is 0.197 e. The van der Waals surface area contributed by atoms with Gasteiger partial charge in [0.1, 0.15) is 18.1 Å². The van der Waals surface area contributed by atoms with Crippen LogP contribution in [0, 0.1) is 0 Å². The van der Waals surface area contributed by atoms with E-state index in [4.69, 9.17) is 5.11 Å². The fourth-order valence-corrected chi connectivity index (χ4v) is 1.89.